The standard InChI is InChI=1S/C31H40N6O5/c1-5-20-16-32-28-27(20)34-25(17-33-28)22-14-21-6-7-36(29(38)35-8-11-40-12-9-35)18-24(21)23(15-22)26-19-41-13-10-37(26)30(39)42-31(2,3)4/h14-17,26H,5-13,18-19H2,1-4H3,(H,32,33)/t26-/m0/s1. The largest absolute Gasteiger partial charge is 0.444 e. The fourth-order valence-electron chi connectivity index (χ4n) is 6.01. The highest BCUT2D eigenvalue weighted by atomic mass is 16.6. The normalized spacial score (nSPS) is 19.6. The highest BCUT2D eigenvalue weighted by Gasteiger charge is 2.36. The summed E-state index contributed by atoms with van der Waals surface area (Å²) in [6.45, 7) is 12.3. The number of benzene rings is 1. The minimum absolute atomic E-state index is 0.0266. The lowest BCUT2D eigenvalue weighted by molar-refractivity contribution is -0.0334. The van der Waals surface area contributed by atoms with E-state index >= 15 is 0 Å². The van der Waals surface area contributed by atoms with Gasteiger partial charge >= 0.3 is 12.1 Å². The van der Waals surface area contributed by atoms with Crippen LogP contribution in [0.3, 0.4) is 0 Å². The van der Waals surface area contributed by atoms with E-state index in [1.54, 1.807) is 11.1 Å². The molecule has 3 aliphatic rings. The summed E-state index contributed by atoms with van der Waals surface area (Å²) in [5.41, 5.74) is 7.00. The van der Waals surface area contributed by atoms with Crippen LogP contribution in [0.15, 0.2) is 24.5 Å². The zero-order chi connectivity index (χ0) is 29.4. The molecule has 1 atom stereocenters. The summed E-state index contributed by atoms with van der Waals surface area (Å²) in [5, 5.41) is 0. The fraction of sp³-hybridized carbons (Fsp3) is 0.548. The molecule has 2 saturated heterocycles. The number of ether oxygens (including phenoxy) is 3. The maximum Gasteiger partial charge on any atom is 0.410 e. The number of aromatic amines is 1. The molecule has 0 radical (unpaired) electrons. The Labute approximate surface area is 246 Å². The molecule has 1 N–H and O–H groups in total. The summed E-state index contributed by atoms with van der Waals surface area (Å²) < 4.78 is 17.2. The van der Waals surface area contributed by atoms with E-state index in [4.69, 9.17) is 19.2 Å². The first-order chi connectivity index (χ1) is 20.2. The lowest BCUT2D eigenvalue weighted by atomic mass is 9.87. The van der Waals surface area contributed by atoms with Crippen LogP contribution >= 0.6 is 0 Å². The van der Waals surface area contributed by atoms with E-state index in [-0.39, 0.29) is 18.2 Å². The molecule has 2 aromatic heterocycles. The minimum atomic E-state index is -0.624. The van der Waals surface area contributed by atoms with Crippen LogP contribution in [0.4, 0.5) is 9.59 Å². The second-order valence-electron chi connectivity index (χ2n) is 12.1. The van der Waals surface area contributed by atoms with E-state index in [0.29, 0.717) is 65.6 Å². The number of carbonyl (C=O) groups is 2. The van der Waals surface area contributed by atoms with Crippen molar-refractivity contribution in [3.8, 4) is 11.3 Å². The van der Waals surface area contributed by atoms with Gasteiger partial charge in [0.25, 0.3) is 0 Å². The first kappa shape index (κ1) is 28.4. The molecular formula is C31H40N6O5. The molecule has 3 amide bonds. The van der Waals surface area contributed by atoms with Gasteiger partial charge in [0.15, 0.2) is 5.65 Å². The molecule has 42 heavy (non-hydrogen) atoms. The SMILES string of the molecule is CCc1c[nH]c2ncc(-c3cc4c(c([C@@H]5COCCN5C(=O)OC(C)(C)C)c3)CN(C(=O)N3CCOCC3)CC4)nc12. The molecule has 3 aromatic rings. The predicted molar refractivity (Wildman–Crippen MR) is 157 cm³/mol. The number of rotatable bonds is 3. The van der Waals surface area contributed by atoms with Crippen LogP contribution in [-0.2, 0) is 33.6 Å². The highest BCUT2D eigenvalue weighted by molar-refractivity contribution is 5.79. The van der Waals surface area contributed by atoms with Crippen molar-refractivity contribution in [3.63, 3.8) is 0 Å². The lowest BCUT2D eigenvalue weighted by Crippen LogP contribution is -2.50. The zero-order valence-electron chi connectivity index (χ0n) is 24.9. The van der Waals surface area contributed by atoms with Crippen molar-refractivity contribution in [2.75, 3.05) is 52.6 Å². The van der Waals surface area contributed by atoms with Gasteiger partial charge in [-0.25, -0.2) is 19.6 Å². The molecule has 0 saturated carbocycles. The van der Waals surface area contributed by atoms with Gasteiger partial charge < -0.3 is 29.0 Å². The average Bonchev–Trinajstić information content (AvgIpc) is 3.42. The van der Waals surface area contributed by atoms with E-state index in [1.165, 1.54) is 0 Å². The monoisotopic (exact) mass is 576 g/mol. The Kier molecular flexibility index (Phi) is 7.80. The smallest absolute Gasteiger partial charge is 0.410 e. The van der Waals surface area contributed by atoms with Gasteiger partial charge in [0.2, 0.25) is 0 Å². The van der Waals surface area contributed by atoms with Crippen LogP contribution < -0.4 is 0 Å². The van der Waals surface area contributed by atoms with Gasteiger partial charge in [-0.15, -0.1) is 0 Å². The summed E-state index contributed by atoms with van der Waals surface area (Å²) in [5.74, 6) is 0. The van der Waals surface area contributed by atoms with Crippen LogP contribution in [-0.4, -0.2) is 100.0 Å². The first-order valence-electron chi connectivity index (χ1n) is 14.9. The Balaban J connectivity index is 1.42. The lowest BCUT2D eigenvalue weighted by Gasteiger charge is -2.40. The van der Waals surface area contributed by atoms with Gasteiger partial charge in [-0.1, -0.05) is 6.92 Å². The summed E-state index contributed by atoms with van der Waals surface area (Å²) in [7, 11) is 0. The number of amides is 3. The quantitative estimate of drug-likeness (QED) is 0.495. The summed E-state index contributed by atoms with van der Waals surface area (Å²) in [4.78, 5) is 45.3. The minimum Gasteiger partial charge on any atom is -0.444 e. The van der Waals surface area contributed by atoms with Gasteiger partial charge in [-0.2, -0.15) is 0 Å². The first-order valence-corrected chi connectivity index (χ1v) is 14.9. The van der Waals surface area contributed by atoms with Crippen LogP contribution in [0, 0.1) is 0 Å². The molecule has 0 bridgehead atoms. The van der Waals surface area contributed by atoms with Crippen LogP contribution in [0.1, 0.15) is 56.0 Å². The van der Waals surface area contributed by atoms with Crippen molar-refractivity contribution in [2.45, 2.75) is 58.7 Å². The summed E-state index contributed by atoms with van der Waals surface area (Å²) >= 11 is 0. The number of fused-ring (bicyclic) bond motifs is 2. The number of morpholine rings is 2. The Morgan fingerprint density at radius 3 is 2.62 bits per heavy atom. The molecule has 224 valence electrons. The number of aromatic nitrogens is 3. The van der Waals surface area contributed by atoms with Crippen molar-refractivity contribution in [1.29, 1.82) is 0 Å². The van der Waals surface area contributed by atoms with Crippen molar-refractivity contribution < 1.29 is 23.8 Å². The maximum absolute atomic E-state index is 13.5. The Hall–Kier alpha value is -3.70. The Morgan fingerprint density at radius 2 is 1.86 bits per heavy atom. The van der Waals surface area contributed by atoms with Crippen molar-refractivity contribution in [2.24, 2.45) is 0 Å². The highest BCUT2D eigenvalue weighted by Crippen LogP contribution is 2.37. The van der Waals surface area contributed by atoms with E-state index in [0.717, 1.165) is 51.1 Å². The van der Waals surface area contributed by atoms with Gasteiger partial charge in [-0.3, -0.25) is 4.90 Å². The van der Waals surface area contributed by atoms with Gasteiger partial charge in [0, 0.05) is 44.5 Å². The summed E-state index contributed by atoms with van der Waals surface area (Å²) in [6.07, 6.45) is 4.94. The number of H-pyrrole nitrogens is 1. The van der Waals surface area contributed by atoms with Crippen LogP contribution in [0.25, 0.3) is 22.4 Å². The van der Waals surface area contributed by atoms with Gasteiger partial charge in [0.1, 0.15) is 11.1 Å². The molecule has 11 heteroatoms. The van der Waals surface area contributed by atoms with Crippen molar-refractivity contribution in [1.82, 2.24) is 29.7 Å². The molecule has 3 aliphatic heterocycles. The van der Waals surface area contributed by atoms with Crippen LogP contribution in [0.2, 0.25) is 0 Å². The molecular weight excluding hydrogens is 536 g/mol. The predicted octanol–water partition coefficient (Wildman–Crippen LogP) is 4.31. The average molecular weight is 577 g/mol. The third-order valence-corrected chi connectivity index (χ3v) is 8.18. The summed E-state index contributed by atoms with van der Waals surface area (Å²) in [6, 6.07) is 3.94. The number of hydrogen-bond acceptors (Lipinski definition) is 7. The van der Waals surface area contributed by atoms with Crippen molar-refractivity contribution in [3.05, 3.63) is 46.8 Å². The molecule has 11 nitrogen and oxygen atoms in total. The molecule has 6 rings (SSSR count). The van der Waals surface area contributed by atoms with Crippen LogP contribution in [0.5, 0.6) is 0 Å². The van der Waals surface area contributed by atoms with E-state index in [1.807, 2.05) is 36.8 Å². The number of urea groups is 1. The Bertz CT molecular complexity index is 1470. The van der Waals surface area contributed by atoms with E-state index < -0.39 is 5.60 Å². The molecule has 0 unspecified atom stereocenters. The number of nitrogens with zero attached hydrogens (tertiary/aromatic N) is 5. The topological polar surface area (TPSA) is 113 Å². The van der Waals surface area contributed by atoms with E-state index in [2.05, 4.69) is 29.0 Å². The third-order valence-electron chi connectivity index (χ3n) is 8.18. The number of carbonyl (C=O) groups excluding carboxylic acids is 2. The van der Waals surface area contributed by atoms with Gasteiger partial charge in [0.05, 0.1) is 44.4 Å². The van der Waals surface area contributed by atoms with Crippen molar-refractivity contribution >= 4 is 23.3 Å². The molecule has 2 fully saturated rings. The molecule has 5 heterocycles. The Morgan fingerprint density at radius 1 is 1.07 bits per heavy atom. The zero-order valence-corrected chi connectivity index (χ0v) is 24.9. The number of hydrogen-bond donors (Lipinski definition) is 1. The van der Waals surface area contributed by atoms with E-state index in [9.17, 15) is 9.59 Å². The van der Waals surface area contributed by atoms with Gasteiger partial charge in [-0.05, 0) is 68.0 Å². The fourth-order valence-corrected chi connectivity index (χ4v) is 6.01. The number of aryl methyl sites for hydroxylation is 1. The second kappa shape index (κ2) is 11.5. The third kappa shape index (κ3) is 5.67. The molecule has 1 aromatic carbocycles. The maximum atomic E-state index is 13.5. The molecule has 0 spiro atoms. The number of nitrogens with one attached hydrogen (secondary N) is 1. The molecule has 0 aliphatic carbocycles. The second-order valence-corrected chi connectivity index (χ2v) is 12.1.